The van der Waals surface area contributed by atoms with Crippen molar-refractivity contribution in [3.05, 3.63) is 52.3 Å². The fraction of sp³-hybridized carbons (Fsp3) is 0.222. The van der Waals surface area contributed by atoms with E-state index in [1.165, 1.54) is 11.3 Å². The van der Waals surface area contributed by atoms with Crippen LogP contribution in [0.2, 0.25) is 0 Å². The molecule has 2 aromatic carbocycles. The van der Waals surface area contributed by atoms with E-state index in [9.17, 15) is 4.79 Å². The lowest BCUT2D eigenvalue weighted by molar-refractivity contribution is 0.0998. The second kappa shape index (κ2) is 6.49. The maximum Gasteiger partial charge on any atom is 0.279 e. The van der Waals surface area contributed by atoms with Crippen molar-refractivity contribution < 1.29 is 14.3 Å². The molecule has 3 rings (SSSR count). The summed E-state index contributed by atoms with van der Waals surface area (Å²) in [5.41, 5.74) is 2.62. The summed E-state index contributed by atoms with van der Waals surface area (Å²) in [5, 5.41) is 0. The Bertz CT molecular complexity index is 968. The molecule has 0 aliphatic carbocycles. The molecule has 0 saturated carbocycles. The first-order chi connectivity index (χ1) is 11.5. The number of benzene rings is 2. The zero-order valence-corrected chi connectivity index (χ0v) is 14.8. The molecule has 3 aromatic rings. The number of amides is 1. The van der Waals surface area contributed by atoms with E-state index < -0.39 is 0 Å². The number of fused-ring (bicyclic) bond motifs is 1. The summed E-state index contributed by atoms with van der Waals surface area (Å²) in [6, 6.07) is 11.2. The number of aryl methyl sites for hydroxylation is 2. The second-order valence-corrected chi connectivity index (χ2v) is 6.41. The Morgan fingerprint density at radius 1 is 1.08 bits per heavy atom. The molecule has 0 radical (unpaired) electrons. The number of aromatic nitrogens is 1. The Morgan fingerprint density at radius 3 is 2.33 bits per heavy atom. The molecule has 6 heteroatoms. The highest BCUT2D eigenvalue weighted by Gasteiger charge is 2.11. The monoisotopic (exact) mass is 342 g/mol. The molecule has 1 amide bonds. The van der Waals surface area contributed by atoms with Crippen molar-refractivity contribution in [1.29, 1.82) is 0 Å². The Kier molecular flexibility index (Phi) is 4.40. The van der Waals surface area contributed by atoms with Crippen molar-refractivity contribution in [2.45, 2.75) is 6.92 Å². The normalized spacial score (nSPS) is 11.8. The number of hydrogen-bond acceptors (Lipinski definition) is 4. The van der Waals surface area contributed by atoms with Gasteiger partial charge in [-0.15, -0.1) is 0 Å². The van der Waals surface area contributed by atoms with Gasteiger partial charge < -0.3 is 14.0 Å². The molecule has 0 aliphatic heterocycles. The lowest BCUT2D eigenvalue weighted by atomic mass is 10.1. The minimum absolute atomic E-state index is 0.254. The van der Waals surface area contributed by atoms with Gasteiger partial charge >= 0.3 is 0 Å². The molecule has 0 spiro atoms. The molecule has 1 heterocycles. The van der Waals surface area contributed by atoms with Gasteiger partial charge in [0.1, 0.15) is 0 Å². The highest BCUT2D eigenvalue weighted by molar-refractivity contribution is 7.16. The first kappa shape index (κ1) is 16.3. The van der Waals surface area contributed by atoms with Gasteiger partial charge in [-0.1, -0.05) is 29.0 Å². The smallest absolute Gasteiger partial charge is 0.279 e. The molecule has 5 nitrogen and oxygen atoms in total. The van der Waals surface area contributed by atoms with Crippen molar-refractivity contribution in [3.8, 4) is 11.5 Å². The lowest BCUT2D eigenvalue weighted by Crippen LogP contribution is -2.13. The van der Waals surface area contributed by atoms with Crippen LogP contribution in [0.3, 0.4) is 0 Å². The van der Waals surface area contributed by atoms with Gasteiger partial charge in [-0.25, -0.2) is 0 Å². The molecule has 0 unspecified atom stereocenters. The summed E-state index contributed by atoms with van der Waals surface area (Å²) < 4.78 is 13.5. The van der Waals surface area contributed by atoms with E-state index in [1.54, 1.807) is 26.4 Å². The fourth-order valence-corrected chi connectivity index (χ4v) is 3.44. The summed E-state index contributed by atoms with van der Waals surface area (Å²) >= 11 is 1.44. The highest BCUT2D eigenvalue weighted by atomic mass is 32.1. The van der Waals surface area contributed by atoms with Crippen LogP contribution >= 0.6 is 11.3 Å². The second-order valence-electron chi connectivity index (χ2n) is 5.40. The summed E-state index contributed by atoms with van der Waals surface area (Å²) in [7, 11) is 5.08. The number of carbonyl (C=O) groups is 1. The van der Waals surface area contributed by atoms with E-state index in [0.717, 1.165) is 15.8 Å². The molecule has 0 N–H and O–H groups in total. The summed E-state index contributed by atoms with van der Waals surface area (Å²) in [6.45, 7) is 1.98. The van der Waals surface area contributed by atoms with Crippen LogP contribution in [0.15, 0.2) is 41.4 Å². The Labute approximate surface area is 143 Å². The predicted molar refractivity (Wildman–Crippen MR) is 95.0 cm³/mol. The number of methoxy groups -OCH3 is 2. The van der Waals surface area contributed by atoms with Crippen molar-refractivity contribution in [2.75, 3.05) is 14.2 Å². The van der Waals surface area contributed by atoms with Gasteiger partial charge in [0.2, 0.25) is 0 Å². The van der Waals surface area contributed by atoms with Crippen LogP contribution in [0.25, 0.3) is 10.2 Å². The minimum atomic E-state index is -0.254. The molecule has 0 saturated heterocycles. The van der Waals surface area contributed by atoms with Crippen LogP contribution in [0.1, 0.15) is 15.9 Å². The Balaban J connectivity index is 2.10. The average Bonchev–Trinajstić information content (AvgIpc) is 2.89. The summed E-state index contributed by atoms with van der Waals surface area (Å²) in [5.74, 6) is 1.05. The molecule has 1 aromatic heterocycles. The quantitative estimate of drug-likeness (QED) is 0.734. The topological polar surface area (TPSA) is 52.8 Å². The van der Waals surface area contributed by atoms with Gasteiger partial charge in [0.05, 0.1) is 24.4 Å². The maximum absolute atomic E-state index is 12.4. The molecule has 124 valence electrons. The largest absolute Gasteiger partial charge is 0.493 e. The van der Waals surface area contributed by atoms with Gasteiger partial charge in [0, 0.05) is 24.7 Å². The van der Waals surface area contributed by atoms with Gasteiger partial charge in [-0.3, -0.25) is 4.79 Å². The first-order valence-electron chi connectivity index (χ1n) is 7.40. The van der Waals surface area contributed by atoms with Crippen molar-refractivity contribution in [1.82, 2.24) is 4.57 Å². The van der Waals surface area contributed by atoms with E-state index in [2.05, 4.69) is 4.99 Å². The van der Waals surface area contributed by atoms with Crippen LogP contribution in [-0.4, -0.2) is 24.7 Å². The van der Waals surface area contributed by atoms with Gasteiger partial charge in [0.25, 0.3) is 5.91 Å². The Morgan fingerprint density at radius 2 is 1.71 bits per heavy atom. The van der Waals surface area contributed by atoms with Crippen molar-refractivity contribution in [2.24, 2.45) is 12.0 Å². The number of rotatable bonds is 3. The number of thiazole rings is 1. The third-order valence-corrected chi connectivity index (χ3v) is 4.90. The molecule has 0 fully saturated rings. The van der Waals surface area contributed by atoms with Crippen LogP contribution in [0.5, 0.6) is 11.5 Å². The van der Waals surface area contributed by atoms with E-state index in [4.69, 9.17) is 9.47 Å². The third-order valence-electron chi connectivity index (χ3n) is 3.81. The zero-order chi connectivity index (χ0) is 17.3. The summed E-state index contributed by atoms with van der Waals surface area (Å²) in [4.78, 5) is 17.3. The van der Waals surface area contributed by atoms with E-state index in [1.807, 2.05) is 42.8 Å². The minimum Gasteiger partial charge on any atom is -0.493 e. The molecule has 24 heavy (non-hydrogen) atoms. The fourth-order valence-electron chi connectivity index (χ4n) is 2.41. The van der Waals surface area contributed by atoms with E-state index in [-0.39, 0.29) is 5.91 Å². The third kappa shape index (κ3) is 2.92. The SMILES string of the molecule is COc1cc2sc(=NC(=O)c3ccc(C)cc3)n(C)c2cc1OC. The number of ether oxygens (including phenoxy) is 2. The summed E-state index contributed by atoms with van der Waals surface area (Å²) in [6.07, 6.45) is 0. The van der Waals surface area contributed by atoms with Crippen molar-refractivity contribution >= 4 is 27.5 Å². The van der Waals surface area contributed by atoms with Crippen LogP contribution in [0, 0.1) is 6.92 Å². The molecule has 0 bridgehead atoms. The van der Waals surface area contributed by atoms with Crippen LogP contribution in [0.4, 0.5) is 0 Å². The average molecular weight is 342 g/mol. The first-order valence-corrected chi connectivity index (χ1v) is 8.22. The molecular formula is C18H18N2O3S. The predicted octanol–water partition coefficient (Wildman–Crippen LogP) is 3.31. The van der Waals surface area contributed by atoms with Crippen molar-refractivity contribution in [3.63, 3.8) is 0 Å². The number of carbonyl (C=O) groups excluding carboxylic acids is 1. The number of hydrogen-bond donors (Lipinski definition) is 0. The van der Waals surface area contributed by atoms with Crippen LogP contribution < -0.4 is 14.3 Å². The number of nitrogens with zero attached hydrogens (tertiary/aromatic N) is 2. The van der Waals surface area contributed by atoms with E-state index in [0.29, 0.717) is 21.9 Å². The van der Waals surface area contributed by atoms with Gasteiger partial charge in [-0.2, -0.15) is 4.99 Å². The highest BCUT2D eigenvalue weighted by Crippen LogP contribution is 2.33. The zero-order valence-electron chi connectivity index (χ0n) is 14.0. The van der Waals surface area contributed by atoms with Gasteiger partial charge in [0.15, 0.2) is 16.3 Å². The Hall–Kier alpha value is -2.60. The van der Waals surface area contributed by atoms with Crippen LogP contribution in [-0.2, 0) is 7.05 Å². The molecule has 0 atom stereocenters. The molecular weight excluding hydrogens is 324 g/mol. The molecule has 0 aliphatic rings. The lowest BCUT2D eigenvalue weighted by Gasteiger charge is -2.07. The maximum atomic E-state index is 12.4. The van der Waals surface area contributed by atoms with E-state index >= 15 is 0 Å². The standard InChI is InChI=1S/C18H18N2O3S/c1-11-5-7-12(8-6-11)17(21)19-18-20(2)13-9-14(22-3)15(23-4)10-16(13)24-18/h5-10H,1-4H3. The van der Waals surface area contributed by atoms with Gasteiger partial charge in [-0.05, 0) is 19.1 Å².